The molecule has 2 aliphatic carbocycles. The van der Waals surface area contributed by atoms with Crippen molar-refractivity contribution in [3.8, 4) is 0 Å². The Kier molecular flexibility index (Phi) is 3.95. The van der Waals surface area contributed by atoms with Crippen molar-refractivity contribution in [3.63, 3.8) is 0 Å². The number of aromatic nitrogens is 2. The number of hydrogen-bond acceptors (Lipinski definition) is 4. The maximum Gasteiger partial charge on any atom is 0.314 e. The predicted octanol–water partition coefficient (Wildman–Crippen LogP) is 0.852. The molecule has 4 rings (SSSR count). The lowest BCUT2D eigenvalue weighted by Crippen LogP contribution is -2.53. The van der Waals surface area contributed by atoms with E-state index in [1.165, 1.54) is 6.42 Å². The molecule has 5 N–H and O–H groups in total. The summed E-state index contributed by atoms with van der Waals surface area (Å²) >= 11 is 0. The molecule has 2 aliphatic rings. The van der Waals surface area contributed by atoms with Gasteiger partial charge in [0.15, 0.2) is 0 Å². The first kappa shape index (κ1) is 16.1. The van der Waals surface area contributed by atoms with Gasteiger partial charge in [-0.05, 0) is 55.7 Å². The van der Waals surface area contributed by atoms with Crippen molar-refractivity contribution in [1.82, 2.24) is 15.3 Å². The Labute approximate surface area is 144 Å². The lowest BCUT2D eigenvalue weighted by molar-refractivity contribution is 0.0756. The van der Waals surface area contributed by atoms with E-state index in [0.717, 1.165) is 25.7 Å². The van der Waals surface area contributed by atoms with Crippen LogP contribution < -0.4 is 22.2 Å². The molecular weight excluding hydrogens is 320 g/mol. The van der Waals surface area contributed by atoms with E-state index in [1.54, 1.807) is 18.2 Å². The quantitative estimate of drug-likeness (QED) is 0.605. The minimum atomic E-state index is -0.721. The molecule has 2 bridgehead atoms. The van der Waals surface area contributed by atoms with E-state index < -0.39 is 11.1 Å². The molecule has 2 atom stereocenters. The summed E-state index contributed by atoms with van der Waals surface area (Å²) < 4.78 is 0. The third kappa shape index (κ3) is 3.00. The van der Waals surface area contributed by atoms with E-state index >= 15 is 0 Å². The van der Waals surface area contributed by atoms with Crippen molar-refractivity contribution in [2.24, 2.45) is 17.6 Å². The fraction of sp³-hybridized carbons (Fsp3) is 0.500. The van der Waals surface area contributed by atoms with E-state index in [4.69, 9.17) is 5.73 Å². The standard InChI is InChI=1S/C18H22N4O3/c19-12-6-9-2-1-3-10(7-12)15(9)22-16(23)11-4-5-13-14(8-11)21-18(25)17(24)20-13/h4-5,8-10,12,15H,1-3,6-7,19H2,(H,20,24)(H,21,25)(H,22,23). The van der Waals surface area contributed by atoms with Crippen LogP contribution in [0.2, 0.25) is 0 Å². The fourth-order valence-corrected chi connectivity index (χ4v) is 4.52. The second kappa shape index (κ2) is 6.15. The Morgan fingerprint density at radius 2 is 1.68 bits per heavy atom. The number of benzene rings is 1. The molecule has 0 radical (unpaired) electrons. The zero-order chi connectivity index (χ0) is 17.6. The van der Waals surface area contributed by atoms with Crippen molar-refractivity contribution in [2.45, 2.75) is 44.2 Å². The fourth-order valence-electron chi connectivity index (χ4n) is 4.52. The van der Waals surface area contributed by atoms with Gasteiger partial charge in [-0.25, -0.2) is 0 Å². The van der Waals surface area contributed by atoms with Crippen LogP contribution in [-0.4, -0.2) is 28.0 Å². The highest BCUT2D eigenvalue weighted by Gasteiger charge is 2.39. The van der Waals surface area contributed by atoms with Crippen LogP contribution in [0.5, 0.6) is 0 Å². The summed E-state index contributed by atoms with van der Waals surface area (Å²) in [5.41, 5.74) is 6.15. The van der Waals surface area contributed by atoms with Gasteiger partial charge in [0.1, 0.15) is 0 Å². The number of hydrogen-bond donors (Lipinski definition) is 4. The van der Waals surface area contributed by atoms with Gasteiger partial charge >= 0.3 is 11.1 Å². The topological polar surface area (TPSA) is 121 Å². The van der Waals surface area contributed by atoms with Crippen molar-refractivity contribution < 1.29 is 4.79 Å². The number of nitrogens with one attached hydrogen (secondary N) is 3. The van der Waals surface area contributed by atoms with Gasteiger partial charge in [-0.15, -0.1) is 0 Å². The second-order valence-electron chi connectivity index (χ2n) is 7.35. The zero-order valence-corrected chi connectivity index (χ0v) is 13.9. The predicted molar refractivity (Wildman–Crippen MR) is 94.5 cm³/mol. The number of aromatic amines is 2. The van der Waals surface area contributed by atoms with E-state index in [-0.39, 0.29) is 18.0 Å². The second-order valence-corrected chi connectivity index (χ2v) is 7.35. The third-order valence-corrected chi connectivity index (χ3v) is 5.66. The van der Waals surface area contributed by atoms with Gasteiger partial charge in [-0.3, -0.25) is 14.4 Å². The van der Waals surface area contributed by atoms with Crippen molar-refractivity contribution >= 4 is 16.9 Å². The molecule has 2 aromatic rings. The summed E-state index contributed by atoms with van der Waals surface area (Å²) in [6.07, 6.45) is 5.36. The molecule has 0 spiro atoms. The van der Waals surface area contributed by atoms with Crippen LogP contribution in [0, 0.1) is 11.8 Å². The van der Waals surface area contributed by atoms with Gasteiger partial charge in [0.05, 0.1) is 11.0 Å². The average Bonchev–Trinajstić information content (AvgIpc) is 2.56. The highest BCUT2D eigenvalue weighted by molar-refractivity contribution is 5.97. The van der Waals surface area contributed by atoms with E-state index in [9.17, 15) is 14.4 Å². The summed E-state index contributed by atoms with van der Waals surface area (Å²) in [5.74, 6) is 0.748. The summed E-state index contributed by atoms with van der Waals surface area (Å²) in [7, 11) is 0. The number of carbonyl (C=O) groups is 1. The Bertz CT molecular complexity index is 918. The first-order valence-electron chi connectivity index (χ1n) is 8.84. The van der Waals surface area contributed by atoms with E-state index in [0.29, 0.717) is 28.4 Å². The van der Waals surface area contributed by atoms with Crippen molar-refractivity contribution in [2.75, 3.05) is 0 Å². The van der Waals surface area contributed by atoms with Crippen LogP contribution in [-0.2, 0) is 0 Å². The number of amides is 1. The van der Waals surface area contributed by atoms with Gasteiger partial charge in [0.25, 0.3) is 5.91 Å². The zero-order valence-electron chi connectivity index (χ0n) is 13.9. The minimum Gasteiger partial charge on any atom is -0.349 e. The molecule has 25 heavy (non-hydrogen) atoms. The van der Waals surface area contributed by atoms with Crippen LogP contribution in [0.1, 0.15) is 42.5 Å². The maximum atomic E-state index is 12.7. The van der Waals surface area contributed by atoms with E-state index in [1.807, 2.05) is 0 Å². The number of carbonyl (C=O) groups excluding carboxylic acids is 1. The first-order valence-corrected chi connectivity index (χ1v) is 8.84. The molecule has 0 saturated heterocycles. The number of rotatable bonds is 2. The molecule has 2 saturated carbocycles. The van der Waals surface area contributed by atoms with Gasteiger partial charge in [-0.1, -0.05) is 6.42 Å². The largest absolute Gasteiger partial charge is 0.349 e. The molecule has 7 heteroatoms. The van der Waals surface area contributed by atoms with Crippen molar-refractivity contribution in [1.29, 1.82) is 0 Å². The average molecular weight is 342 g/mol. The summed E-state index contributed by atoms with van der Waals surface area (Å²) in [5, 5.41) is 3.19. The number of H-pyrrole nitrogens is 2. The van der Waals surface area contributed by atoms with Crippen molar-refractivity contribution in [3.05, 3.63) is 44.5 Å². The molecule has 0 aliphatic heterocycles. The number of nitrogens with two attached hydrogens (primary N) is 1. The molecule has 132 valence electrons. The Morgan fingerprint density at radius 3 is 2.36 bits per heavy atom. The third-order valence-electron chi connectivity index (χ3n) is 5.66. The summed E-state index contributed by atoms with van der Waals surface area (Å²) in [6.45, 7) is 0. The monoisotopic (exact) mass is 342 g/mol. The van der Waals surface area contributed by atoms with Crippen LogP contribution in [0.4, 0.5) is 0 Å². The minimum absolute atomic E-state index is 0.147. The molecule has 1 heterocycles. The first-order chi connectivity index (χ1) is 12.0. The molecular formula is C18H22N4O3. The normalized spacial score (nSPS) is 28.7. The molecule has 7 nitrogen and oxygen atoms in total. The van der Waals surface area contributed by atoms with Crippen LogP contribution in [0.25, 0.3) is 11.0 Å². The summed E-state index contributed by atoms with van der Waals surface area (Å²) in [4.78, 5) is 40.6. The lowest BCUT2D eigenvalue weighted by Gasteiger charge is -2.45. The highest BCUT2D eigenvalue weighted by atomic mass is 16.2. The highest BCUT2D eigenvalue weighted by Crippen LogP contribution is 2.39. The molecule has 1 aromatic carbocycles. The van der Waals surface area contributed by atoms with E-state index in [2.05, 4.69) is 15.3 Å². The Balaban J connectivity index is 1.59. The Hall–Kier alpha value is -2.41. The van der Waals surface area contributed by atoms with Gasteiger partial charge in [0.2, 0.25) is 0 Å². The van der Waals surface area contributed by atoms with Crippen LogP contribution in [0.3, 0.4) is 0 Å². The van der Waals surface area contributed by atoms with Crippen LogP contribution in [0.15, 0.2) is 27.8 Å². The van der Waals surface area contributed by atoms with Crippen LogP contribution >= 0.6 is 0 Å². The van der Waals surface area contributed by atoms with Gasteiger partial charge in [0, 0.05) is 17.6 Å². The lowest BCUT2D eigenvalue weighted by atomic mass is 9.67. The molecule has 1 amide bonds. The molecule has 1 aromatic heterocycles. The Morgan fingerprint density at radius 1 is 1.04 bits per heavy atom. The maximum absolute atomic E-state index is 12.7. The molecule has 2 fully saturated rings. The molecule has 2 unspecified atom stereocenters. The summed E-state index contributed by atoms with van der Waals surface area (Å²) in [6, 6.07) is 5.32. The van der Waals surface area contributed by atoms with Gasteiger partial charge < -0.3 is 21.0 Å². The number of fused-ring (bicyclic) bond motifs is 3. The SMILES string of the molecule is NC1CC2CCCC(C1)C2NC(=O)c1ccc2[nH]c(=O)c(=O)[nH]c2c1. The smallest absolute Gasteiger partial charge is 0.314 e. The van der Waals surface area contributed by atoms with Gasteiger partial charge in [-0.2, -0.15) is 0 Å².